The maximum Gasteiger partial charge on any atom is 0.160 e. The van der Waals surface area contributed by atoms with E-state index in [9.17, 15) is 0 Å². The quantitative estimate of drug-likeness (QED) is 0.200. The molecule has 3 heterocycles. The number of pyridine rings is 1. The first-order valence-corrected chi connectivity index (χ1v) is 15.6. The molecule has 8 rings (SSSR count). The largest absolute Gasteiger partial charge is 0.309 e. The van der Waals surface area contributed by atoms with Crippen molar-refractivity contribution in [2.75, 3.05) is 0 Å². The molecule has 0 N–H and O–H groups in total. The van der Waals surface area contributed by atoms with E-state index in [1.165, 1.54) is 44.2 Å². The van der Waals surface area contributed by atoms with Crippen molar-refractivity contribution < 1.29 is 0 Å². The summed E-state index contributed by atoms with van der Waals surface area (Å²) in [4.78, 5) is 14.3. The van der Waals surface area contributed by atoms with Gasteiger partial charge < -0.3 is 4.57 Å². The molecule has 0 unspecified atom stereocenters. The van der Waals surface area contributed by atoms with Crippen LogP contribution in [0.5, 0.6) is 0 Å². The molecule has 0 saturated heterocycles. The van der Waals surface area contributed by atoms with Crippen LogP contribution in [0.3, 0.4) is 0 Å². The van der Waals surface area contributed by atoms with Crippen LogP contribution in [-0.2, 0) is 0 Å². The van der Waals surface area contributed by atoms with Gasteiger partial charge in [0.1, 0.15) is 0 Å². The molecule has 0 radical (unpaired) electrons. The van der Waals surface area contributed by atoms with Crippen LogP contribution >= 0.6 is 0 Å². The zero-order valence-corrected chi connectivity index (χ0v) is 26.1. The summed E-state index contributed by atoms with van der Waals surface area (Å²) in [6.07, 6.45) is 3.64. The Kier molecular flexibility index (Phi) is 6.76. The lowest BCUT2D eigenvalue weighted by Crippen LogP contribution is -1.99. The zero-order valence-electron chi connectivity index (χ0n) is 26.1. The van der Waals surface area contributed by atoms with Crippen LogP contribution in [0.15, 0.2) is 140 Å². The smallest absolute Gasteiger partial charge is 0.160 e. The van der Waals surface area contributed by atoms with E-state index >= 15 is 0 Å². The highest BCUT2D eigenvalue weighted by molar-refractivity contribution is 6.09. The Bertz CT molecular complexity index is 2310. The van der Waals surface area contributed by atoms with E-state index in [2.05, 4.69) is 127 Å². The number of benzene rings is 5. The van der Waals surface area contributed by atoms with E-state index in [0.29, 0.717) is 5.82 Å². The molecule has 0 fully saturated rings. The van der Waals surface area contributed by atoms with Crippen LogP contribution in [0.25, 0.3) is 72.5 Å². The average molecular weight is 593 g/mol. The molecular formula is C42H32N4. The molecule has 0 aliphatic carbocycles. The van der Waals surface area contributed by atoms with Gasteiger partial charge in [0, 0.05) is 45.5 Å². The van der Waals surface area contributed by atoms with Gasteiger partial charge in [-0.1, -0.05) is 83.9 Å². The highest BCUT2D eigenvalue weighted by atomic mass is 15.0. The fourth-order valence-corrected chi connectivity index (χ4v) is 6.41. The fraction of sp³-hybridized carbons (Fsp3) is 0.0714. The van der Waals surface area contributed by atoms with Crippen LogP contribution in [0, 0.1) is 20.8 Å². The highest BCUT2D eigenvalue weighted by Crippen LogP contribution is 2.36. The van der Waals surface area contributed by atoms with E-state index in [1.54, 1.807) is 0 Å². The molecule has 0 spiro atoms. The second kappa shape index (κ2) is 11.2. The number of aryl methyl sites for hydroxylation is 3. The van der Waals surface area contributed by atoms with Gasteiger partial charge in [-0.15, -0.1) is 0 Å². The minimum atomic E-state index is 0.709. The van der Waals surface area contributed by atoms with E-state index < -0.39 is 0 Å². The van der Waals surface area contributed by atoms with Crippen LogP contribution in [0.2, 0.25) is 0 Å². The Hall–Kier alpha value is -5.87. The van der Waals surface area contributed by atoms with Gasteiger partial charge in [0.05, 0.1) is 22.4 Å². The van der Waals surface area contributed by atoms with Crippen LogP contribution in [0.4, 0.5) is 0 Å². The summed E-state index contributed by atoms with van der Waals surface area (Å²) in [5.74, 6) is 0.709. The second-order valence-electron chi connectivity index (χ2n) is 12.0. The molecule has 0 bridgehead atoms. The maximum atomic E-state index is 5.09. The summed E-state index contributed by atoms with van der Waals surface area (Å²) < 4.78 is 2.40. The van der Waals surface area contributed by atoms with E-state index in [1.807, 2.05) is 42.7 Å². The summed E-state index contributed by atoms with van der Waals surface area (Å²) in [6.45, 7) is 6.51. The zero-order chi connectivity index (χ0) is 31.2. The summed E-state index contributed by atoms with van der Waals surface area (Å²) >= 11 is 0. The SMILES string of the molecule is Cc1ccc2c(c1)c1cc(C)ccc1n2-c1ccc(-c2cc(-c3ccc(-c4ccncc4)cc3)nc(-c3ccccc3)n2)cc1C. The number of rotatable bonds is 5. The summed E-state index contributed by atoms with van der Waals surface area (Å²) in [7, 11) is 0. The van der Waals surface area contributed by atoms with Crippen molar-refractivity contribution >= 4 is 21.8 Å². The predicted molar refractivity (Wildman–Crippen MR) is 190 cm³/mol. The van der Waals surface area contributed by atoms with Crippen molar-refractivity contribution in [2.45, 2.75) is 20.8 Å². The minimum Gasteiger partial charge on any atom is -0.309 e. The predicted octanol–water partition coefficient (Wildman–Crippen LogP) is 10.6. The molecule has 0 amide bonds. The standard InChI is InChI=1S/C42H32N4/c1-27-9-16-40-35(23-27)36-24-28(2)10-17-41(36)46(40)39-18-15-34(25-29(39)3)38-26-37(44-42(45-38)33-7-5-4-6-8-33)32-13-11-30(12-14-32)31-19-21-43-22-20-31/h4-26H,1-3H3. The van der Waals surface area contributed by atoms with Crippen molar-refractivity contribution in [3.05, 3.63) is 156 Å². The Balaban J connectivity index is 1.25. The molecule has 220 valence electrons. The molecule has 8 aromatic rings. The van der Waals surface area contributed by atoms with E-state index in [4.69, 9.17) is 9.97 Å². The van der Waals surface area contributed by atoms with Crippen molar-refractivity contribution in [3.63, 3.8) is 0 Å². The summed E-state index contributed by atoms with van der Waals surface area (Å²) in [6, 6.07) is 45.1. The molecule has 5 aromatic carbocycles. The van der Waals surface area contributed by atoms with Crippen molar-refractivity contribution in [1.29, 1.82) is 0 Å². The van der Waals surface area contributed by atoms with Gasteiger partial charge in [0.2, 0.25) is 0 Å². The monoisotopic (exact) mass is 592 g/mol. The average Bonchev–Trinajstić information content (AvgIpc) is 3.41. The first-order valence-electron chi connectivity index (χ1n) is 15.6. The number of aromatic nitrogens is 4. The molecule has 3 aromatic heterocycles. The Labute approximate surface area is 268 Å². The lowest BCUT2D eigenvalue weighted by molar-refractivity contribution is 1.14. The highest BCUT2D eigenvalue weighted by Gasteiger charge is 2.16. The van der Waals surface area contributed by atoms with Gasteiger partial charge in [-0.2, -0.15) is 0 Å². The first kappa shape index (κ1) is 27.7. The molecular weight excluding hydrogens is 560 g/mol. The van der Waals surface area contributed by atoms with Gasteiger partial charge in [-0.25, -0.2) is 9.97 Å². The van der Waals surface area contributed by atoms with Crippen molar-refractivity contribution in [1.82, 2.24) is 19.5 Å². The third-order valence-corrected chi connectivity index (χ3v) is 8.76. The summed E-state index contributed by atoms with van der Waals surface area (Å²) in [5.41, 5.74) is 14.5. The second-order valence-corrected chi connectivity index (χ2v) is 12.0. The molecule has 0 aliphatic heterocycles. The molecule has 4 nitrogen and oxygen atoms in total. The number of hydrogen-bond donors (Lipinski definition) is 0. The van der Waals surface area contributed by atoms with Gasteiger partial charge in [0.15, 0.2) is 5.82 Å². The Morgan fingerprint density at radius 1 is 0.457 bits per heavy atom. The minimum absolute atomic E-state index is 0.709. The third kappa shape index (κ3) is 4.94. The third-order valence-electron chi connectivity index (χ3n) is 8.76. The number of hydrogen-bond acceptors (Lipinski definition) is 3. The lowest BCUT2D eigenvalue weighted by atomic mass is 10.0. The van der Waals surface area contributed by atoms with E-state index in [-0.39, 0.29) is 0 Å². The lowest BCUT2D eigenvalue weighted by Gasteiger charge is -2.14. The molecule has 0 atom stereocenters. The van der Waals surface area contributed by atoms with Crippen LogP contribution in [0.1, 0.15) is 16.7 Å². The topological polar surface area (TPSA) is 43.6 Å². The number of nitrogens with zero attached hydrogens (tertiary/aromatic N) is 4. The number of fused-ring (bicyclic) bond motifs is 3. The fourth-order valence-electron chi connectivity index (χ4n) is 6.41. The summed E-state index contributed by atoms with van der Waals surface area (Å²) in [5, 5.41) is 2.56. The molecule has 46 heavy (non-hydrogen) atoms. The molecule has 4 heteroatoms. The van der Waals surface area contributed by atoms with Gasteiger partial charge in [-0.3, -0.25) is 4.98 Å². The molecule has 0 saturated carbocycles. The van der Waals surface area contributed by atoms with E-state index in [0.717, 1.165) is 39.2 Å². The molecule has 0 aliphatic rings. The first-order chi connectivity index (χ1) is 22.5. The van der Waals surface area contributed by atoms with Gasteiger partial charge >= 0.3 is 0 Å². The van der Waals surface area contributed by atoms with Crippen molar-refractivity contribution in [3.8, 4) is 50.7 Å². The van der Waals surface area contributed by atoms with Crippen LogP contribution in [-0.4, -0.2) is 19.5 Å². The maximum absolute atomic E-state index is 5.09. The van der Waals surface area contributed by atoms with Gasteiger partial charge in [-0.05, 0) is 92.1 Å². The Morgan fingerprint density at radius 2 is 1.02 bits per heavy atom. The van der Waals surface area contributed by atoms with Crippen molar-refractivity contribution in [2.24, 2.45) is 0 Å². The Morgan fingerprint density at radius 3 is 1.65 bits per heavy atom. The van der Waals surface area contributed by atoms with Gasteiger partial charge in [0.25, 0.3) is 0 Å². The normalized spacial score (nSPS) is 11.4. The van der Waals surface area contributed by atoms with Crippen LogP contribution < -0.4 is 0 Å².